The summed E-state index contributed by atoms with van der Waals surface area (Å²) in [5.74, 6) is 0.329. The van der Waals surface area contributed by atoms with Crippen molar-refractivity contribution in [2.75, 3.05) is 5.73 Å². The van der Waals surface area contributed by atoms with E-state index >= 15 is 0 Å². The van der Waals surface area contributed by atoms with E-state index in [0.29, 0.717) is 29.1 Å². The molecule has 1 rings (SSSR count). The van der Waals surface area contributed by atoms with E-state index in [0.717, 1.165) is 0 Å². The molecule has 0 saturated heterocycles. The van der Waals surface area contributed by atoms with Crippen LogP contribution >= 0.6 is 15.9 Å². The van der Waals surface area contributed by atoms with Gasteiger partial charge in [0, 0.05) is 6.42 Å². The second-order valence-corrected chi connectivity index (χ2v) is 3.42. The minimum absolute atomic E-state index is 0.0141. The zero-order valence-corrected chi connectivity index (χ0v) is 9.34. The number of hydrogen-bond donors (Lipinski definition) is 2. The van der Waals surface area contributed by atoms with Gasteiger partial charge in [0.1, 0.15) is 4.60 Å². The molecule has 0 aliphatic carbocycles. The molecule has 0 aliphatic heterocycles. The predicted octanol–water partition coefficient (Wildman–Crippen LogP) is 0.848. The Morgan fingerprint density at radius 2 is 2.43 bits per heavy atom. The second-order valence-electron chi connectivity index (χ2n) is 2.67. The number of hydrogen-bond acceptors (Lipinski definition) is 4. The van der Waals surface area contributed by atoms with Crippen LogP contribution in [-0.2, 0) is 11.3 Å². The molecule has 0 fully saturated rings. The number of anilines is 1. The van der Waals surface area contributed by atoms with Gasteiger partial charge in [0.05, 0.1) is 18.4 Å². The first-order valence-corrected chi connectivity index (χ1v) is 4.96. The Labute approximate surface area is 90.2 Å². The quantitative estimate of drug-likeness (QED) is 0.843. The zero-order valence-electron chi connectivity index (χ0n) is 7.75. The molecule has 0 spiro atoms. The number of carbonyl (C=O) groups is 1. The van der Waals surface area contributed by atoms with Gasteiger partial charge in [0.15, 0.2) is 5.82 Å². The smallest absolute Gasteiger partial charge is 0.220 e. The van der Waals surface area contributed by atoms with E-state index < -0.39 is 0 Å². The highest BCUT2D eigenvalue weighted by Gasteiger charge is 2.02. The zero-order chi connectivity index (χ0) is 10.6. The third kappa shape index (κ3) is 2.95. The third-order valence-corrected chi connectivity index (χ3v) is 2.18. The topological polar surface area (TPSA) is 80.9 Å². The van der Waals surface area contributed by atoms with Gasteiger partial charge in [-0.1, -0.05) is 6.92 Å². The van der Waals surface area contributed by atoms with Gasteiger partial charge in [-0.25, -0.2) is 9.97 Å². The molecule has 0 unspecified atom stereocenters. The van der Waals surface area contributed by atoms with Gasteiger partial charge >= 0.3 is 0 Å². The van der Waals surface area contributed by atoms with Crippen LogP contribution < -0.4 is 11.1 Å². The van der Waals surface area contributed by atoms with Crippen LogP contribution in [0.15, 0.2) is 10.8 Å². The van der Waals surface area contributed by atoms with Crippen molar-refractivity contribution in [3.05, 3.63) is 16.5 Å². The van der Waals surface area contributed by atoms with Crippen molar-refractivity contribution in [2.45, 2.75) is 19.9 Å². The van der Waals surface area contributed by atoms with Crippen molar-refractivity contribution >= 4 is 27.7 Å². The monoisotopic (exact) mass is 258 g/mol. The maximum atomic E-state index is 10.9. The lowest BCUT2D eigenvalue weighted by atomic mass is 10.4. The Kier molecular flexibility index (Phi) is 3.82. The van der Waals surface area contributed by atoms with Crippen LogP contribution in [0.1, 0.15) is 19.0 Å². The van der Waals surface area contributed by atoms with Crippen molar-refractivity contribution in [3.8, 4) is 0 Å². The molecule has 14 heavy (non-hydrogen) atoms. The Morgan fingerprint density at radius 1 is 1.71 bits per heavy atom. The highest BCUT2D eigenvalue weighted by molar-refractivity contribution is 9.10. The number of nitrogens with two attached hydrogens (primary N) is 1. The van der Waals surface area contributed by atoms with E-state index in [2.05, 4.69) is 31.2 Å². The van der Waals surface area contributed by atoms with E-state index in [1.165, 1.54) is 6.20 Å². The van der Waals surface area contributed by atoms with Gasteiger partial charge in [-0.05, 0) is 15.9 Å². The molecule has 3 N–H and O–H groups in total. The molecule has 1 aromatic rings. The van der Waals surface area contributed by atoms with Crippen LogP contribution in [0.3, 0.4) is 0 Å². The summed E-state index contributed by atoms with van der Waals surface area (Å²) >= 11 is 3.16. The number of nitrogen functional groups attached to an aromatic ring is 1. The van der Waals surface area contributed by atoms with Crippen molar-refractivity contribution in [1.29, 1.82) is 0 Å². The number of nitrogens with zero attached hydrogens (tertiary/aromatic N) is 2. The number of amides is 1. The van der Waals surface area contributed by atoms with Crippen molar-refractivity contribution < 1.29 is 4.79 Å². The standard InChI is InChI=1S/C8H11BrN4O/c1-2-6(14)11-3-5-4-12-8(10)7(9)13-5/h4H,2-3H2,1H3,(H2,10,12)(H,11,14). The Morgan fingerprint density at radius 3 is 3.00 bits per heavy atom. The molecule has 1 heterocycles. The lowest BCUT2D eigenvalue weighted by Gasteiger charge is -2.03. The Balaban J connectivity index is 2.60. The predicted molar refractivity (Wildman–Crippen MR) is 56.3 cm³/mol. The van der Waals surface area contributed by atoms with E-state index in [1.807, 2.05) is 0 Å². The molecular formula is C8H11BrN4O. The highest BCUT2D eigenvalue weighted by atomic mass is 79.9. The molecular weight excluding hydrogens is 248 g/mol. The number of halogens is 1. The fraction of sp³-hybridized carbons (Fsp3) is 0.375. The largest absolute Gasteiger partial charge is 0.381 e. The van der Waals surface area contributed by atoms with Crippen LogP contribution in [0.5, 0.6) is 0 Å². The van der Waals surface area contributed by atoms with Gasteiger partial charge < -0.3 is 11.1 Å². The van der Waals surface area contributed by atoms with Gasteiger partial charge in [-0.3, -0.25) is 4.79 Å². The second kappa shape index (κ2) is 4.90. The lowest BCUT2D eigenvalue weighted by Crippen LogP contribution is -2.22. The fourth-order valence-electron chi connectivity index (χ4n) is 0.809. The molecule has 5 nitrogen and oxygen atoms in total. The van der Waals surface area contributed by atoms with Crippen molar-refractivity contribution in [3.63, 3.8) is 0 Å². The van der Waals surface area contributed by atoms with Gasteiger partial charge in [0.2, 0.25) is 5.91 Å². The summed E-state index contributed by atoms with van der Waals surface area (Å²) < 4.78 is 0.501. The Hall–Kier alpha value is -1.17. The first kappa shape index (κ1) is 10.9. The Bertz CT molecular complexity index is 342. The first-order chi connectivity index (χ1) is 6.63. The van der Waals surface area contributed by atoms with Crippen molar-refractivity contribution in [1.82, 2.24) is 15.3 Å². The molecule has 1 amide bonds. The fourth-order valence-corrected chi connectivity index (χ4v) is 1.14. The number of rotatable bonds is 3. The molecule has 0 aromatic carbocycles. The molecule has 1 aromatic heterocycles. The van der Waals surface area contributed by atoms with Crippen LogP contribution in [0.4, 0.5) is 5.82 Å². The first-order valence-electron chi connectivity index (χ1n) is 4.17. The summed E-state index contributed by atoms with van der Waals surface area (Å²) in [5, 5.41) is 2.69. The third-order valence-electron chi connectivity index (χ3n) is 1.59. The summed E-state index contributed by atoms with van der Waals surface area (Å²) in [6, 6.07) is 0. The van der Waals surface area contributed by atoms with Gasteiger partial charge in [-0.15, -0.1) is 0 Å². The molecule has 0 saturated carbocycles. The van der Waals surface area contributed by atoms with Gasteiger partial charge in [0.25, 0.3) is 0 Å². The van der Waals surface area contributed by atoms with E-state index in [9.17, 15) is 4.79 Å². The lowest BCUT2D eigenvalue weighted by molar-refractivity contribution is -0.120. The van der Waals surface area contributed by atoms with E-state index in [-0.39, 0.29) is 5.91 Å². The molecule has 0 bridgehead atoms. The normalized spacial score (nSPS) is 9.86. The highest BCUT2D eigenvalue weighted by Crippen LogP contribution is 2.12. The number of aromatic nitrogens is 2. The maximum absolute atomic E-state index is 10.9. The summed E-state index contributed by atoms with van der Waals surface area (Å²) in [4.78, 5) is 18.9. The molecule has 0 atom stereocenters. The van der Waals surface area contributed by atoms with Crippen LogP contribution in [-0.4, -0.2) is 15.9 Å². The van der Waals surface area contributed by atoms with Crippen molar-refractivity contribution in [2.24, 2.45) is 0 Å². The number of nitrogens with one attached hydrogen (secondary N) is 1. The average molecular weight is 259 g/mol. The van der Waals surface area contributed by atoms with E-state index in [4.69, 9.17) is 5.73 Å². The molecule has 0 aliphatic rings. The van der Waals surface area contributed by atoms with Crippen LogP contribution in [0.25, 0.3) is 0 Å². The van der Waals surface area contributed by atoms with Crippen LogP contribution in [0, 0.1) is 0 Å². The summed E-state index contributed by atoms with van der Waals surface area (Å²) in [5.41, 5.74) is 6.14. The SMILES string of the molecule is CCC(=O)NCc1cnc(N)c(Br)n1. The van der Waals surface area contributed by atoms with Gasteiger partial charge in [-0.2, -0.15) is 0 Å². The maximum Gasteiger partial charge on any atom is 0.220 e. The minimum atomic E-state index is -0.0141. The summed E-state index contributed by atoms with van der Waals surface area (Å²) in [6.45, 7) is 2.17. The summed E-state index contributed by atoms with van der Waals surface area (Å²) in [7, 11) is 0. The molecule has 6 heteroatoms. The average Bonchev–Trinajstić information content (AvgIpc) is 2.19. The van der Waals surface area contributed by atoms with E-state index in [1.54, 1.807) is 6.92 Å². The number of carbonyl (C=O) groups excluding carboxylic acids is 1. The molecule has 0 radical (unpaired) electrons. The summed E-state index contributed by atoms with van der Waals surface area (Å²) in [6.07, 6.45) is 2.00. The minimum Gasteiger partial charge on any atom is -0.381 e. The molecule has 76 valence electrons. The van der Waals surface area contributed by atoms with Crippen LogP contribution in [0.2, 0.25) is 0 Å².